The van der Waals surface area contributed by atoms with Crippen molar-refractivity contribution in [3.05, 3.63) is 41.2 Å². The summed E-state index contributed by atoms with van der Waals surface area (Å²) in [5.74, 6) is 0.441. The second-order valence-electron chi connectivity index (χ2n) is 11.0. The number of rotatable bonds is 7. The second-order valence-corrected chi connectivity index (χ2v) is 11.0. The van der Waals surface area contributed by atoms with E-state index in [4.69, 9.17) is 9.72 Å². The highest BCUT2D eigenvalue weighted by Crippen LogP contribution is 2.38. The van der Waals surface area contributed by atoms with Crippen LogP contribution in [0.5, 0.6) is 6.01 Å². The van der Waals surface area contributed by atoms with E-state index in [2.05, 4.69) is 31.1 Å². The molecule has 0 aliphatic carbocycles. The Morgan fingerprint density at radius 1 is 1.23 bits per heavy atom. The van der Waals surface area contributed by atoms with Crippen molar-refractivity contribution in [2.24, 2.45) is 0 Å². The second kappa shape index (κ2) is 11.3. The Morgan fingerprint density at radius 3 is 2.79 bits per heavy atom. The number of ether oxygens (including phenoxy) is 1. The quantitative estimate of drug-likeness (QED) is 0.287. The number of alkyl halides is 3. The molecular formula is C28H30F3N9O3. The molecule has 0 bridgehead atoms. The van der Waals surface area contributed by atoms with Crippen molar-refractivity contribution in [2.75, 3.05) is 44.7 Å². The molecule has 0 unspecified atom stereocenters. The SMILES string of the molecule is CN1CCC[C@H]1COc1nc(N2CCN(C(=O)O)[C@@H](CC#N)C2)c2[nH]cc(Cc3c(C(F)(F)F)ccc4[nH]ncc34)c2n1. The zero-order valence-electron chi connectivity index (χ0n) is 23.4. The maximum Gasteiger partial charge on any atom is 0.416 e. The third-order valence-corrected chi connectivity index (χ3v) is 8.40. The van der Waals surface area contributed by atoms with E-state index < -0.39 is 23.9 Å². The number of benzene rings is 1. The van der Waals surface area contributed by atoms with Crippen LogP contribution in [0.15, 0.2) is 24.5 Å². The molecular weight excluding hydrogens is 567 g/mol. The highest BCUT2D eigenvalue weighted by atomic mass is 19.4. The number of nitrogens with zero attached hydrogens (tertiary/aromatic N) is 7. The Hall–Kier alpha value is -4.58. The Labute approximate surface area is 244 Å². The zero-order chi connectivity index (χ0) is 30.3. The van der Waals surface area contributed by atoms with Gasteiger partial charge in [0.25, 0.3) is 0 Å². The number of halogens is 3. The molecule has 3 aromatic heterocycles. The lowest BCUT2D eigenvalue weighted by Crippen LogP contribution is -2.55. The van der Waals surface area contributed by atoms with Crippen LogP contribution < -0.4 is 9.64 Å². The van der Waals surface area contributed by atoms with E-state index in [1.54, 1.807) is 6.20 Å². The number of piperazine rings is 1. The van der Waals surface area contributed by atoms with Crippen molar-refractivity contribution in [1.82, 2.24) is 34.9 Å². The largest absolute Gasteiger partial charge is 0.465 e. The summed E-state index contributed by atoms with van der Waals surface area (Å²) >= 11 is 0. The van der Waals surface area contributed by atoms with Gasteiger partial charge >= 0.3 is 18.3 Å². The van der Waals surface area contributed by atoms with Crippen LogP contribution in [0.1, 0.15) is 36.0 Å². The van der Waals surface area contributed by atoms with Gasteiger partial charge in [0, 0.05) is 49.2 Å². The van der Waals surface area contributed by atoms with Crippen LogP contribution in [0.25, 0.3) is 21.9 Å². The van der Waals surface area contributed by atoms with E-state index >= 15 is 0 Å². The normalized spacial score (nSPS) is 19.8. The summed E-state index contributed by atoms with van der Waals surface area (Å²) in [6, 6.07) is 4.15. The van der Waals surface area contributed by atoms with Gasteiger partial charge in [0.15, 0.2) is 5.82 Å². The fraction of sp³-hybridized carbons (Fsp3) is 0.464. The van der Waals surface area contributed by atoms with Gasteiger partial charge in [-0.3, -0.25) is 5.10 Å². The number of hydrogen-bond acceptors (Lipinski definition) is 8. The Bertz CT molecular complexity index is 1700. The minimum atomic E-state index is -4.58. The van der Waals surface area contributed by atoms with Crippen molar-refractivity contribution >= 4 is 33.8 Å². The molecule has 3 N–H and O–H groups in total. The van der Waals surface area contributed by atoms with Crippen LogP contribution >= 0.6 is 0 Å². The Kier molecular flexibility index (Phi) is 7.47. The predicted molar refractivity (Wildman–Crippen MR) is 150 cm³/mol. The van der Waals surface area contributed by atoms with Gasteiger partial charge in [0.2, 0.25) is 0 Å². The fourth-order valence-corrected chi connectivity index (χ4v) is 6.11. The van der Waals surface area contributed by atoms with E-state index in [0.29, 0.717) is 46.5 Å². The molecule has 2 atom stereocenters. The Morgan fingerprint density at radius 2 is 2.07 bits per heavy atom. The van der Waals surface area contributed by atoms with Crippen LogP contribution in [0, 0.1) is 11.3 Å². The lowest BCUT2D eigenvalue weighted by Gasteiger charge is -2.39. The molecule has 2 aliphatic rings. The average molecular weight is 598 g/mol. The number of carboxylic acid groups (broad SMARTS) is 1. The van der Waals surface area contributed by atoms with Gasteiger partial charge in [-0.25, -0.2) is 4.79 Å². The van der Waals surface area contributed by atoms with Gasteiger partial charge in [0.05, 0.1) is 35.8 Å². The summed E-state index contributed by atoms with van der Waals surface area (Å²) in [5.41, 5.74) is 1.22. The van der Waals surface area contributed by atoms with E-state index in [9.17, 15) is 28.3 Å². The van der Waals surface area contributed by atoms with Crippen molar-refractivity contribution in [3.63, 3.8) is 0 Å². The third kappa shape index (κ3) is 5.50. The lowest BCUT2D eigenvalue weighted by molar-refractivity contribution is -0.138. The smallest absolute Gasteiger partial charge is 0.416 e. The summed E-state index contributed by atoms with van der Waals surface area (Å²) in [6.45, 7) is 1.96. The van der Waals surface area contributed by atoms with Crippen LogP contribution in [0.2, 0.25) is 0 Å². The van der Waals surface area contributed by atoms with Crippen molar-refractivity contribution in [3.8, 4) is 12.1 Å². The first-order chi connectivity index (χ1) is 20.6. The molecule has 12 nitrogen and oxygen atoms in total. The molecule has 43 heavy (non-hydrogen) atoms. The third-order valence-electron chi connectivity index (χ3n) is 8.40. The summed E-state index contributed by atoms with van der Waals surface area (Å²) in [6.07, 6.45) is -0.746. The number of fused-ring (bicyclic) bond motifs is 2. The minimum Gasteiger partial charge on any atom is -0.465 e. The number of nitriles is 1. The fourth-order valence-electron chi connectivity index (χ4n) is 6.11. The van der Waals surface area contributed by atoms with E-state index in [0.717, 1.165) is 25.5 Å². The van der Waals surface area contributed by atoms with Gasteiger partial charge in [-0.1, -0.05) is 0 Å². The van der Waals surface area contributed by atoms with Crippen LogP contribution in [0.3, 0.4) is 0 Å². The van der Waals surface area contributed by atoms with Crippen LogP contribution in [-0.4, -0.2) is 98.1 Å². The van der Waals surface area contributed by atoms with Gasteiger partial charge in [-0.15, -0.1) is 0 Å². The number of H-pyrrole nitrogens is 2. The van der Waals surface area contributed by atoms with E-state index in [1.807, 2.05) is 11.9 Å². The number of anilines is 1. The number of aromatic amines is 2. The van der Waals surface area contributed by atoms with Crippen LogP contribution in [-0.2, 0) is 12.6 Å². The molecule has 2 aliphatic heterocycles. The monoisotopic (exact) mass is 597 g/mol. The summed E-state index contributed by atoms with van der Waals surface area (Å²) in [7, 11) is 2.02. The van der Waals surface area contributed by atoms with Crippen molar-refractivity contribution in [2.45, 2.75) is 43.9 Å². The molecule has 2 saturated heterocycles. The zero-order valence-corrected chi connectivity index (χ0v) is 23.4. The molecule has 6 rings (SSSR count). The first kappa shape index (κ1) is 28.5. The molecule has 15 heteroatoms. The van der Waals surface area contributed by atoms with Crippen molar-refractivity contribution < 1.29 is 27.8 Å². The van der Waals surface area contributed by atoms with E-state index in [1.165, 1.54) is 17.2 Å². The minimum absolute atomic E-state index is 0.000695. The average Bonchev–Trinajstić information content (AvgIpc) is 3.71. The van der Waals surface area contributed by atoms with Gasteiger partial charge in [0.1, 0.15) is 17.6 Å². The molecule has 226 valence electrons. The molecule has 2 fully saturated rings. The molecule has 0 spiro atoms. The lowest BCUT2D eigenvalue weighted by atomic mass is 9.97. The first-order valence-electron chi connectivity index (χ1n) is 14.0. The number of aromatic nitrogens is 5. The molecule has 0 saturated carbocycles. The predicted octanol–water partition coefficient (Wildman–Crippen LogP) is 4.00. The number of likely N-dealkylation sites (N-methyl/N-ethyl adjacent to an activating group) is 1. The number of carbonyl (C=O) groups is 1. The summed E-state index contributed by atoms with van der Waals surface area (Å²) in [4.78, 5) is 29.6. The first-order valence-corrected chi connectivity index (χ1v) is 14.0. The molecule has 4 aromatic rings. The highest BCUT2D eigenvalue weighted by molar-refractivity contribution is 5.91. The van der Waals surface area contributed by atoms with Gasteiger partial charge < -0.3 is 29.5 Å². The molecule has 1 amide bonds. The number of likely N-dealkylation sites (tertiary alicyclic amines) is 1. The maximum absolute atomic E-state index is 14.1. The van der Waals surface area contributed by atoms with Gasteiger partial charge in [-0.2, -0.15) is 33.5 Å². The van der Waals surface area contributed by atoms with Crippen molar-refractivity contribution in [1.29, 1.82) is 5.26 Å². The summed E-state index contributed by atoms with van der Waals surface area (Å²) < 4.78 is 48.4. The summed E-state index contributed by atoms with van der Waals surface area (Å²) in [5, 5.41) is 26.0. The standard InChI is InChI=1S/C28H30F3N9O3/c1-38-8-2-3-18(38)15-43-26-35-23-16(11-19-20-13-34-37-22(20)5-4-21(19)28(29,30)31)12-33-24(23)25(36-26)39-9-10-40(27(41)42)17(14-39)6-7-32/h4-5,12-13,17-18,33H,2-3,6,8-11,14-15H2,1H3,(H,34,37)(H,41,42)/t17-,18-/m0/s1. The Balaban J connectivity index is 1.41. The number of amides is 1. The molecule has 5 heterocycles. The van der Waals surface area contributed by atoms with Crippen LogP contribution in [0.4, 0.5) is 23.8 Å². The van der Waals surface area contributed by atoms with E-state index in [-0.39, 0.29) is 43.5 Å². The number of hydrogen-bond donors (Lipinski definition) is 3. The van der Waals surface area contributed by atoms with Gasteiger partial charge in [-0.05, 0) is 44.1 Å². The molecule has 0 radical (unpaired) electrons. The topological polar surface area (TPSA) is 150 Å². The maximum atomic E-state index is 14.1. The number of nitrogens with one attached hydrogen (secondary N) is 2. The highest BCUT2D eigenvalue weighted by Gasteiger charge is 2.36. The molecule has 1 aromatic carbocycles.